The van der Waals surface area contributed by atoms with Crippen molar-refractivity contribution in [2.24, 2.45) is 5.92 Å². The van der Waals surface area contributed by atoms with Gasteiger partial charge < -0.3 is 10.2 Å². The lowest BCUT2D eigenvalue weighted by Crippen LogP contribution is -2.44. The van der Waals surface area contributed by atoms with Crippen molar-refractivity contribution in [2.45, 2.75) is 32.7 Å². The van der Waals surface area contributed by atoms with Crippen LogP contribution in [0.2, 0.25) is 0 Å². The molecule has 1 aliphatic heterocycles. The highest BCUT2D eigenvalue weighted by Crippen LogP contribution is 2.24. The summed E-state index contributed by atoms with van der Waals surface area (Å²) in [6.07, 6.45) is 4.68. The Kier molecular flexibility index (Phi) is 8.63. The van der Waals surface area contributed by atoms with E-state index in [1.165, 1.54) is 5.56 Å². The second kappa shape index (κ2) is 12.3. The van der Waals surface area contributed by atoms with Crippen molar-refractivity contribution >= 4 is 11.7 Å². The molecular formula is C28H35N5O. The number of benzene rings is 2. The van der Waals surface area contributed by atoms with Gasteiger partial charge in [-0.05, 0) is 37.4 Å². The van der Waals surface area contributed by atoms with Crippen LogP contribution in [0.1, 0.15) is 31.7 Å². The minimum Gasteiger partial charge on any atom is -0.356 e. The summed E-state index contributed by atoms with van der Waals surface area (Å²) >= 11 is 0. The lowest BCUT2D eigenvalue weighted by molar-refractivity contribution is -0.125. The Balaban J connectivity index is 1.25. The Morgan fingerprint density at radius 3 is 2.62 bits per heavy atom. The number of aromatic nitrogens is 2. The van der Waals surface area contributed by atoms with Crippen LogP contribution in [-0.2, 0) is 11.3 Å². The molecule has 6 nitrogen and oxygen atoms in total. The Labute approximate surface area is 203 Å². The van der Waals surface area contributed by atoms with Gasteiger partial charge in [-0.15, -0.1) is 0 Å². The molecule has 1 aromatic heterocycles. The maximum absolute atomic E-state index is 12.9. The van der Waals surface area contributed by atoms with E-state index in [0.717, 1.165) is 62.6 Å². The van der Waals surface area contributed by atoms with Crippen molar-refractivity contribution in [1.82, 2.24) is 20.2 Å². The van der Waals surface area contributed by atoms with Gasteiger partial charge in [0, 0.05) is 44.5 Å². The number of carbonyl (C=O) groups excluding carboxylic acids is 1. The molecule has 178 valence electrons. The molecule has 1 atom stereocenters. The second-order valence-corrected chi connectivity index (χ2v) is 8.89. The van der Waals surface area contributed by atoms with Crippen LogP contribution in [0.25, 0.3) is 11.4 Å². The summed E-state index contributed by atoms with van der Waals surface area (Å²) in [7, 11) is 0. The molecule has 2 aromatic carbocycles. The molecule has 1 aliphatic rings. The van der Waals surface area contributed by atoms with E-state index in [-0.39, 0.29) is 11.8 Å². The van der Waals surface area contributed by atoms with Crippen LogP contribution in [-0.4, -0.2) is 53.5 Å². The van der Waals surface area contributed by atoms with Crippen molar-refractivity contribution in [3.63, 3.8) is 0 Å². The number of amides is 1. The van der Waals surface area contributed by atoms with Crippen molar-refractivity contribution in [2.75, 3.05) is 37.6 Å². The molecule has 1 N–H and O–H groups in total. The first kappa shape index (κ1) is 23.9. The number of hydrogen-bond acceptors (Lipinski definition) is 5. The highest BCUT2D eigenvalue weighted by molar-refractivity contribution is 5.79. The van der Waals surface area contributed by atoms with Crippen LogP contribution in [0.3, 0.4) is 0 Å². The Morgan fingerprint density at radius 1 is 1.09 bits per heavy atom. The molecule has 1 saturated heterocycles. The molecule has 0 radical (unpaired) electrons. The lowest BCUT2D eigenvalue weighted by Gasteiger charge is -2.33. The zero-order valence-electron chi connectivity index (χ0n) is 20.1. The van der Waals surface area contributed by atoms with Gasteiger partial charge in [-0.1, -0.05) is 67.6 Å². The van der Waals surface area contributed by atoms with Gasteiger partial charge in [0.15, 0.2) is 5.82 Å². The van der Waals surface area contributed by atoms with E-state index in [0.29, 0.717) is 13.1 Å². The fourth-order valence-corrected chi connectivity index (χ4v) is 4.50. The quantitative estimate of drug-likeness (QED) is 0.458. The van der Waals surface area contributed by atoms with Crippen molar-refractivity contribution in [3.8, 4) is 11.4 Å². The standard InChI is InChI=1S/C28H35N5O/c1-2-32(21-23-11-5-3-6-12-23)19-10-17-30-28(34)25-15-9-20-33(22-25)26-16-18-29-27(31-26)24-13-7-4-8-14-24/h3-8,11-14,16,18,25H,2,9-10,15,17,19-22H2,1H3,(H,30,34)/t25-/m0/s1. The van der Waals surface area contributed by atoms with Crippen molar-refractivity contribution in [1.29, 1.82) is 0 Å². The number of hydrogen-bond donors (Lipinski definition) is 1. The average Bonchev–Trinajstić information content (AvgIpc) is 2.91. The van der Waals surface area contributed by atoms with Crippen LogP contribution in [0.15, 0.2) is 72.9 Å². The zero-order chi connectivity index (χ0) is 23.6. The van der Waals surface area contributed by atoms with E-state index in [1.807, 2.05) is 42.6 Å². The third-order valence-electron chi connectivity index (χ3n) is 6.44. The van der Waals surface area contributed by atoms with Crippen LogP contribution in [0.4, 0.5) is 5.82 Å². The Hall–Kier alpha value is -3.25. The SMILES string of the molecule is CCN(CCCNC(=O)[C@H]1CCCN(c2ccnc(-c3ccccc3)n2)C1)Cc1ccccc1. The molecule has 0 spiro atoms. The monoisotopic (exact) mass is 457 g/mol. The Bertz CT molecular complexity index is 1030. The van der Waals surface area contributed by atoms with Crippen LogP contribution in [0, 0.1) is 5.92 Å². The van der Waals surface area contributed by atoms with E-state index >= 15 is 0 Å². The minimum atomic E-state index is -0.00418. The van der Waals surface area contributed by atoms with E-state index in [1.54, 1.807) is 0 Å². The summed E-state index contributed by atoms with van der Waals surface area (Å²) in [5.41, 5.74) is 2.33. The highest BCUT2D eigenvalue weighted by atomic mass is 16.1. The molecule has 1 amide bonds. The molecule has 1 fully saturated rings. The van der Waals surface area contributed by atoms with Gasteiger partial charge in [0.25, 0.3) is 0 Å². The molecule has 2 heterocycles. The molecular weight excluding hydrogens is 422 g/mol. The fourth-order valence-electron chi connectivity index (χ4n) is 4.50. The summed E-state index contributed by atoms with van der Waals surface area (Å²) < 4.78 is 0. The number of piperidine rings is 1. The van der Waals surface area contributed by atoms with Gasteiger partial charge in [-0.25, -0.2) is 9.97 Å². The second-order valence-electron chi connectivity index (χ2n) is 8.89. The van der Waals surface area contributed by atoms with Gasteiger partial charge in [0.05, 0.1) is 5.92 Å². The average molecular weight is 458 g/mol. The highest BCUT2D eigenvalue weighted by Gasteiger charge is 2.26. The van der Waals surface area contributed by atoms with Gasteiger partial charge in [-0.2, -0.15) is 0 Å². The largest absolute Gasteiger partial charge is 0.356 e. The van der Waals surface area contributed by atoms with E-state index in [9.17, 15) is 4.79 Å². The van der Waals surface area contributed by atoms with E-state index < -0.39 is 0 Å². The molecule has 34 heavy (non-hydrogen) atoms. The van der Waals surface area contributed by atoms with Crippen LogP contribution >= 0.6 is 0 Å². The van der Waals surface area contributed by atoms with Crippen molar-refractivity contribution < 1.29 is 4.79 Å². The Morgan fingerprint density at radius 2 is 1.85 bits per heavy atom. The molecule has 0 unspecified atom stereocenters. The molecule has 0 saturated carbocycles. The summed E-state index contributed by atoms with van der Waals surface area (Å²) in [6, 6.07) is 22.5. The first-order valence-corrected chi connectivity index (χ1v) is 12.4. The predicted octanol–water partition coefficient (Wildman–Crippen LogP) is 4.39. The minimum absolute atomic E-state index is 0.00418. The molecule has 0 aliphatic carbocycles. The number of nitrogens with one attached hydrogen (secondary N) is 1. The third-order valence-corrected chi connectivity index (χ3v) is 6.44. The van der Waals surface area contributed by atoms with Crippen LogP contribution in [0.5, 0.6) is 0 Å². The maximum Gasteiger partial charge on any atom is 0.224 e. The molecule has 4 rings (SSSR count). The molecule has 3 aromatic rings. The van der Waals surface area contributed by atoms with Crippen molar-refractivity contribution in [3.05, 3.63) is 78.5 Å². The smallest absolute Gasteiger partial charge is 0.224 e. The van der Waals surface area contributed by atoms with E-state index in [2.05, 4.69) is 57.4 Å². The van der Waals surface area contributed by atoms with Gasteiger partial charge >= 0.3 is 0 Å². The predicted molar refractivity (Wildman–Crippen MR) is 137 cm³/mol. The first-order valence-electron chi connectivity index (χ1n) is 12.4. The molecule has 6 heteroatoms. The summed E-state index contributed by atoms with van der Waals surface area (Å²) in [4.78, 5) is 26.7. The van der Waals surface area contributed by atoms with Gasteiger partial charge in [-0.3, -0.25) is 9.69 Å². The number of carbonyl (C=O) groups is 1. The topological polar surface area (TPSA) is 61.4 Å². The summed E-state index contributed by atoms with van der Waals surface area (Å²) in [5, 5.41) is 3.18. The normalized spacial score (nSPS) is 15.9. The van der Waals surface area contributed by atoms with Crippen LogP contribution < -0.4 is 10.2 Å². The van der Waals surface area contributed by atoms with Gasteiger partial charge in [0.1, 0.15) is 5.82 Å². The maximum atomic E-state index is 12.9. The molecule has 0 bridgehead atoms. The lowest BCUT2D eigenvalue weighted by atomic mass is 9.97. The number of nitrogens with zero attached hydrogens (tertiary/aromatic N) is 4. The summed E-state index contributed by atoms with van der Waals surface area (Å²) in [6.45, 7) is 7.45. The first-order chi connectivity index (χ1) is 16.7. The zero-order valence-corrected chi connectivity index (χ0v) is 20.1. The number of rotatable bonds is 10. The number of anilines is 1. The fraction of sp³-hybridized carbons (Fsp3) is 0.393. The van der Waals surface area contributed by atoms with E-state index in [4.69, 9.17) is 4.98 Å². The summed E-state index contributed by atoms with van der Waals surface area (Å²) in [5.74, 6) is 1.77. The van der Waals surface area contributed by atoms with Gasteiger partial charge in [0.2, 0.25) is 5.91 Å². The third kappa shape index (κ3) is 6.64.